The summed E-state index contributed by atoms with van der Waals surface area (Å²) in [6.07, 6.45) is 50.6. The lowest BCUT2D eigenvalue weighted by Gasteiger charge is -2.40. The summed E-state index contributed by atoms with van der Waals surface area (Å²) in [5.74, 6) is 0.310. The molecule has 0 amide bonds. The third-order valence-corrected chi connectivity index (χ3v) is 15.1. The molecule has 0 aromatic carbocycles. The number of rotatable bonds is 46. The van der Waals surface area contributed by atoms with E-state index in [1.54, 1.807) is 0 Å². The molecule has 0 saturated heterocycles. The van der Waals surface area contributed by atoms with Gasteiger partial charge in [-0.15, -0.1) is 0 Å². The second-order valence-corrected chi connectivity index (χ2v) is 20.9. The van der Waals surface area contributed by atoms with Gasteiger partial charge in [0.15, 0.2) is 0 Å². The number of unbranched alkanes of at least 4 members (excludes halogenated alkanes) is 23. The Morgan fingerprint density at radius 1 is 0.438 bits per heavy atom. The van der Waals surface area contributed by atoms with Crippen LogP contribution < -0.4 is 0 Å². The van der Waals surface area contributed by atoms with Crippen molar-refractivity contribution in [2.45, 2.75) is 296 Å². The van der Waals surface area contributed by atoms with E-state index in [0.717, 1.165) is 71.1 Å². The maximum absolute atomic E-state index is 13.4. The Bertz CT molecular complexity index is 1030. The SMILES string of the molecule is CCCCCCCCCCCCCCCCCC(=O)OCC(CCCCN(CCN(CCO)C1CCCCCC1)C1CCC1)COC(=O)CC(CCCCCC)CCCCCCCC. The van der Waals surface area contributed by atoms with E-state index in [-0.39, 0.29) is 24.5 Å². The molecule has 0 spiro atoms. The molecule has 2 aliphatic carbocycles. The van der Waals surface area contributed by atoms with Gasteiger partial charge in [0.2, 0.25) is 0 Å². The first-order chi connectivity index (χ1) is 31.5. The zero-order valence-corrected chi connectivity index (χ0v) is 43.2. The molecule has 7 nitrogen and oxygen atoms in total. The zero-order valence-electron chi connectivity index (χ0n) is 43.2. The quantitative estimate of drug-likeness (QED) is 0.0370. The van der Waals surface area contributed by atoms with Crippen LogP contribution in [0.15, 0.2) is 0 Å². The van der Waals surface area contributed by atoms with Gasteiger partial charge in [0.05, 0.1) is 19.8 Å². The summed E-state index contributed by atoms with van der Waals surface area (Å²) in [5, 5.41) is 9.93. The van der Waals surface area contributed by atoms with Gasteiger partial charge in [-0.1, -0.05) is 213 Å². The van der Waals surface area contributed by atoms with Crippen LogP contribution in [-0.2, 0) is 19.1 Å². The van der Waals surface area contributed by atoms with Crippen LogP contribution in [0.1, 0.15) is 284 Å². The van der Waals surface area contributed by atoms with Crippen LogP contribution in [0.2, 0.25) is 0 Å². The van der Waals surface area contributed by atoms with E-state index in [4.69, 9.17) is 9.47 Å². The number of nitrogens with zero attached hydrogens (tertiary/aromatic N) is 2. The third kappa shape index (κ3) is 32.5. The number of aliphatic hydroxyl groups excluding tert-OH is 1. The molecule has 64 heavy (non-hydrogen) atoms. The maximum Gasteiger partial charge on any atom is 0.306 e. The molecule has 0 aliphatic heterocycles. The van der Waals surface area contributed by atoms with Crippen molar-refractivity contribution in [2.24, 2.45) is 11.8 Å². The predicted molar refractivity (Wildman–Crippen MR) is 273 cm³/mol. The lowest BCUT2D eigenvalue weighted by Crippen LogP contribution is -2.47. The first-order valence-corrected chi connectivity index (χ1v) is 28.9. The molecule has 2 fully saturated rings. The number of ether oxygens (including phenoxy) is 2. The van der Waals surface area contributed by atoms with Gasteiger partial charge in [-0.25, -0.2) is 0 Å². The Labute approximate surface area is 398 Å². The number of carbonyl (C=O) groups excluding carboxylic acids is 2. The molecule has 2 rings (SSSR count). The van der Waals surface area contributed by atoms with Crippen LogP contribution in [0, 0.1) is 11.8 Å². The van der Waals surface area contributed by atoms with Gasteiger partial charge < -0.3 is 14.6 Å². The van der Waals surface area contributed by atoms with Crippen molar-refractivity contribution in [1.82, 2.24) is 9.80 Å². The summed E-state index contributed by atoms with van der Waals surface area (Å²) in [5.41, 5.74) is 0. The lowest BCUT2D eigenvalue weighted by molar-refractivity contribution is -0.150. The maximum atomic E-state index is 13.4. The van der Waals surface area contributed by atoms with E-state index < -0.39 is 0 Å². The molecule has 2 atom stereocenters. The van der Waals surface area contributed by atoms with E-state index >= 15 is 0 Å². The van der Waals surface area contributed by atoms with Crippen LogP contribution in [0.4, 0.5) is 0 Å². The van der Waals surface area contributed by atoms with Crippen molar-refractivity contribution in [3.63, 3.8) is 0 Å². The summed E-state index contributed by atoms with van der Waals surface area (Å²) in [4.78, 5) is 31.7. The average Bonchev–Trinajstić information content (AvgIpc) is 3.57. The van der Waals surface area contributed by atoms with Gasteiger partial charge in [-0.05, 0) is 70.3 Å². The van der Waals surface area contributed by atoms with Gasteiger partial charge in [0.25, 0.3) is 0 Å². The Kier molecular flexibility index (Phi) is 39.7. The zero-order chi connectivity index (χ0) is 46.0. The minimum absolute atomic E-state index is 0.0444. The summed E-state index contributed by atoms with van der Waals surface area (Å²) in [7, 11) is 0. The van der Waals surface area contributed by atoms with Crippen molar-refractivity contribution < 1.29 is 24.2 Å². The van der Waals surface area contributed by atoms with Gasteiger partial charge in [-0.3, -0.25) is 19.4 Å². The van der Waals surface area contributed by atoms with E-state index in [2.05, 4.69) is 30.6 Å². The fourth-order valence-corrected chi connectivity index (χ4v) is 10.5. The standard InChI is InChI=1S/C57H110N2O5/c1-4-7-10-13-15-16-17-18-19-20-21-22-23-25-32-43-56(61)63-50-53(51-64-57(62)49-52(36-28-12-9-6-3)37-29-24-14-11-8-5-2)38-33-34-44-58(55-41-35-42-55)45-46-59(47-48-60)54-39-30-26-27-31-40-54/h52-55,60H,4-51H2,1-3H3. The number of hydrogen-bond acceptors (Lipinski definition) is 7. The minimum atomic E-state index is -0.0886. The molecule has 7 heteroatoms. The highest BCUT2D eigenvalue weighted by atomic mass is 16.5. The molecule has 2 saturated carbocycles. The lowest BCUT2D eigenvalue weighted by atomic mass is 9.91. The number of esters is 2. The molecule has 0 radical (unpaired) electrons. The van der Waals surface area contributed by atoms with Crippen LogP contribution in [0.3, 0.4) is 0 Å². The molecule has 2 unspecified atom stereocenters. The van der Waals surface area contributed by atoms with E-state index in [0.29, 0.717) is 44.1 Å². The monoisotopic (exact) mass is 903 g/mol. The van der Waals surface area contributed by atoms with E-state index in [9.17, 15) is 14.7 Å². The van der Waals surface area contributed by atoms with Gasteiger partial charge in [0, 0.05) is 50.5 Å². The Morgan fingerprint density at radius 2 is 0.828 bits per heavy atom. The third-order valence-electron chi connectivity index (χ3n) is 15.1. The number of aliphatic hydroxyl groups is 1. The highest BCUT2D eigenvalue weighted by Crippen LogP contribution is 2.27. The van der Waals surface area contributed by atoms with Crippen molar-refractivity contribution >= 4 is 11.9 Å². The normalized spacial score (nSPS) is 16.0. The Balaban J connectivity index is 1.84. The van der Waals surface area contributed by atoms with Gasteiger partial charge >= 0.3 is 11.9 Å². The molecule has 1 N–H and O–H groups in total. The fraction of sp³-hybridized carbons (Fsp3) is 0.965. The molecule has 378 valence electrons. The highest BCUT2D eigenvalue weighted by molar-refractivity contribution is 5.70. The minimum Gasteiger partial charge on any atom is -0.465 e. The van der Waals surface area contributed by atoms with Gasteiger partial charge in [-0.2, -0.15) is 0 Å². The second kappa shape index (κ2) is 43.1. The summed E-state index contributed by atoms with van der Waals surface area (Å²) in [6.45, 7) is 11.8. The van der Waals surface area contributed by atoms with Crippen LogP contribution in [0.5, 0.6) is 0 Å². The predicted octanol–water partition coefficient (Wildman–Crippen LogP) is 15.7. The van der Waals surface area contributed by atoms with Crippen LogP contribution in [-0.4, -0.2) is 84.9 Å². The van der Waals surface area contributed by atoms with E-state index in [1.165, 1.54) is 205 Å². The summed E-state index contributed by atoms with van der Waals surface area (Å²) in [6, 6.07) is 1.31. The Morgan fingerprint density at radius 3 is 1.30 bits per heavy atom. The summed E-state index contributed by atoms with van der Waals surface area (Å²) < 4.78 is 12.0. The molecule has 0 aromatic rings. The van der Waals surface area contributed by atoms with E-state index in [1.807, 2.05) is 0 Å². The van der Waals surface area contributed by atoms with Crippen LogP contribution in [0.25, 0.3) is 0 Å². The number of carbonyl (C=O) groups is 2. The topological polar surface area (TPSA) is 79.3 Å². The smallest absolute Gasteiger partial charge is 0.306 e. The first kappa shape index (κ1) is 58.9. The molecular weight excluding hydrogens is 793 g/mol. The van der Waals surface area contributed by atoms with Crippen molar-refractivity contribution in [1.29, 1.82) is 0 Å². The first-order valence-electron chi connectivity index (χ1n) is 28.9. The molecule has 0 bridgehead atoms. The molecular formula is C57H110N2O5. The average molecular weight is 904 g/mol. The summed E-state index contributed by atoms with van der Waals surface area (Å²) >= 11 is 0. The number of hydrogen-bond donors (Lipinski definition) is 1. The van der Waals surface area contributed by atoms with Crippen molar-refractivity contribution in [3.8, 4) is 0 Å². The van der Waals surface area contributed by atoms with Crippen molar-refractivity contribution in [3.05, 3.63) is 0 Å². The van der Waals surface area contributed by atoms with Crippen LogP contribution >= 0.6 is 0 Å². The molecule has 0 heterocycles. The van der Waals surface area contributed by atoms with Crippen molar-refractivity contribution in [2.75, 3.05) is 46.0 Å². The largest absolute Gasteiger partial charge is 0.465 e. The second-order valence-electron chi connectivity index (χ2n) is 20.9. The molecule has 2 aliphatic rings. The fourth-order valence-electron chi connectivity index (χ4n) is 10.5. The Hall–Kier alpha value is -1.18. The highest BCUT2D eigenvalue weighted by Gasteiger charge is 2.27. The van der Waals surface area contributed by atoms with Gasteiger partial charge in [0.1, 0.15) is 0 Å². The molecule has 0 aromatic heterocycles.